The fraction of sp³-hybridized carbons (Fsp3) is 1.00. The van der Waals surface area contributed by atoms with Gasteiger partial charge in [-0.1, -0.05) is 13.3 Å². The van der Waals surface area contributed by atoms with Crippen molar-refractivity contribution < 1.29 is 4.74 Å². The Morgan fingerprint density at radius 2 is 2.13 bits per heavy atom. The first-order valence-electron chi connectivity index (χ1n) is 6.66. The van der Waals surface area contributed by atoms with Crippen LogP contribution in [0.4, 0.5) is 0 Å². The summed E-state index contributed by atoms with van der Waals surface area (Å²) in [5.41, 5.74) is 0. The molecule has 0 spiro atoms. The smallest absolute Gasteiger partial charge is 0.0551 e. The third-order valence-electron chi connectivity index (χ3n) is 4.03. The maximum Gasteiger partial charge on any atom is 0.0551 e. The molecule has 0 amide bonds. The molecular weight excluding hydrogens is 186 g/mol. The highest BCUT2D eigenvalue weighted by Crippen LogP contribution is 2.36. The summed E-state index contributed by atoms with van der Waals surface area (Å²) in [6.45, 7) is 6.61. The van der Waals surface area contributed by atoms with Crippen LogP contribution in [0.2, 0.25) is 0 Å². The van der Waals surface area contributed by atoms with Gasteiger partial charge >= 0.3 is 0 Å². The Hall–Kier alpha value is -0.0800. The number of ether oxygens (including phenoxy) is 1. The highest BCUT2D eigenvalue weighted by atomic mass is 16.5. The molecule has 1 aliphatic heterocycles. The van der Waals surface area contributed by atoms with Crippen molar-refractivity contribution in [3.05, 3.63) is 0 Å². The van der Waals surface area contributed by atoms with Gasteiger partial charge in [-0.2, -0.15) is 0 Å². The fourth-order valence-electron chi connectivity index (χ4n) is 2.93. The molecule has 2 fully saturated rings. The molecule has 1 saturated carbocycles. The minimum absolute atomic E-state index is 0.487. The zero-order chi connectivity index (χ0) is 10.7. The van der Waals surface area contributed by atoms with Gasteiger partial charge in [0.15, 0.2) is 0 Å². The average Bonchev–Trinajstić information content (AvgIpc) is 2.56. The minimum atomic E-state index is 0.487. The Kier molecular flexibility index (Phi) is 4.04. The van der Waals surface area contributed by atoms with E-state index in [2.05, 4.69) is 19.2 Å². The zero-order valence-electron chi connectivity index (χ0n) is 10.2. The SMILES string of the molecule is CCCNC(C1CCC1)C1COC(C)C1. The van der Waals surface area contributed by atoms with Gasteiger partial charge < -0.3 is 10.1 Å². The van der Waals surface area contributed by atoms with E-state index < -0.39 is 0 Å². The number of hydrogen-bond donors (Lipinski definition) is 1. The van der Waals surface area contributed by atoms with E-state index in [0.717, 1.165) is 24.5 Å². The van der Waals surface area contributed by atoms with E-state index in [1.165, 1.54) is 38.6 Å². The Bertz CT molecular complexity index is 191. The molecule has 3 unspecified atom stereocenters. The quantitative estimate of drug-likeness (QED) is 0.754. The lowest BCUT2D eigenvalue weighted by Gasteiger charge is -2.37. The van der Waals surface area contributed by atoms with Gasteiger partial charge in [0, 0.05) is 12.0 Å². The molecule has 0 aromatic heterocycles. The zero-order valence-corrected chi connectivity index (χ0v) is 10.2. The van der Waals surface area contributed by atoms with E-state index in [9.17, 15) is 0 Å². The van der Waals surface area contributed by atoms with Crippen LogP contribution < -0.4 is 5.32 Å². The van der Waals surface area contributed by atoms with Crippen molar-refractivity contribution in [3.63, 3.8) is 0 Å². The second kappa shape index (κ2) is 5.31. The lowest BCUT2D eigenvalue weighted by atomic mass is 9.74. The summed E-state index contributed by atoms with van der Waals surface area (Å²) < 4.78 is 5.71. The van der Waals surface area contributed by atoms with Crippen molar-refractivity contribution in [2.24, 2.45) is 11.8 Å². The van der Waals surface area contributed by atoms with Gasteiger partial charge in [-0.25, -0.2) is 0 Å². The summed E-state index contributed by atoms with van der Waals surface area (Å²) in [7, 11) is 0. The number of hydrogen-bond acceptors (Lipinski definition) is 2. The molecule has 3 atom stereocenters. The fourth-order valence-corrected chi connectivity index (χ4v) is 2.93. The van der Waals surface area contributed by atoms with Crippen molar-refractivity contribution in [1.82, 2.24) is 5.32 Å². The summed E-state index contributed by atoms with van der Waals surface area (Å²) >= 11 is 0. The monoisotopic (exact) mass is 211 g/mol. The first kappa shape index (κ1) is 11.4. The second-order valence-electron chi connectivity index (χ2n) is 5.31. The van der Waals surface area contributed by atoms with Crippen LogP contribution in [-0.2, 0) is 4.74 Å². The molecule has 0 aromatic rings. The summed E-state index contributed by atoms with van der Waals surface area (Å²) in [4.78, 5) is 0. The molecule has 1 aliphatic carbocycles. The third-order valence-corrected chi connectivity index (χ3v) is 4.03. The van der Waals surface area contributed by atoms with Gasteiger partial charge in [0.25, 0.3) is 0 Å². The van der Waals surface area contributed by atoms with Gasteiger partial charge in [-0.05, 0) is 45.1 Å². The molecule has 2 nitrogen and oxygen atoms in total. The van der Waals surface area contributed by atoms with Gasteiger partial charge in [0.1, 0.15) is 0 Å². The molecule has 0 aromatic carbocycles. The first-order chi connectivity index (χ1) is 7.31. The van der Waals surface area contributed by atoms with Crippen molar-refractivity contribution in [2.45, 2.75) is 58.1 Å². The first-order valence-corrected chi connectivity index (χ1v) is 6.66. The molecular formula is C13H25NO. The van der Waals surface area contributed by atoms with Gasteiger partial charge in [0.05, 0.1) is 12.7 Å². The summed E-state index contributed by atoms with van der Waals surface area (Å²) in [6, 6.07) is 0.739. The van der Waals surface area contributed by atoms with E-state index in [1.807, 2.05) is 0 Å². The van der Waals surface area contributed by atoms with Crippen molar-refractivity contribution in [3.8, 4) is 0 Å². The summed E-state index contributed by atoms with van der Waals surface area (Å²) in [5, 5.41) is 3.75. The van der Waals surface area contributed by atoms with Gasteiger partial charge in [0.2, 0.25) is 0 Å². The van der Waals surface area contributed by atoms with Gasteiger partial charge in [-0.3, -0.25) is 0 Å². The molecule has 15 heavy (non-hydrogen) atoms. The maximum absolute atomic E-state index is 5.71. The second-order valence-corrected chi connectivity index (χ2v) is 5.31. The summed E-state index contributed by atoms with van der Waals surface area (Å²) in [5.74, 6) is 1.72. The normalized spacial score (nSPS) is 34.0. The number of nitrogens with one attached hydrogen (secondary N) is 1. The van der Waals surface area contributed by atoms with Crippen LogP contribution >= 0.6 is 0 Å². The van der Waals surface area contributed by atoms with Crippen LogP contribution in [0.3, 0.4) is 0 Å². The highest BCUT2D eigenvalue weighted by molar-refractivity contribution is 4.90. The van der Waals surface area contributed by atoms with Crippen LogP contribution in [0.25, 0.3) is 0 Å². The Labute approximate surface area is 93.8 Å². The van der Waals surface area contributed by atoms with Crippen molar-refractivity contribution in [1.29, 1.82) is 0 Å². The number of rotatable bonds is 5. The van der Waals surface area contributed by atoms with E-state index in [0.29, 0.717) is 6.10 Å². The predicted octanol–water partition coefficient (Wildman–Crippen LogP) is 2.58. The Morgan fingerprint density at radius 3 is 2.60 bits per heavy atom. The molecule has 2 rings (SSSR count). The van der Waals surface area contributed by atoms with Crippen molar-refractivity contribution in [2.75, 3.05) is 13.2 Å². The molecule has 0 bridgehead atoms. The van der Waals surface area contributed by atoms with Crippen LogP contribution in [-0.4, -0.2) is 25.3 Å². The topological polar surface area (TPSA) is 21.3 Å². The Balaban J connectivity index is 1.85. The standard InChI is InChI=1S/C13H25NO/c1-3-7-14-13(11-5-4-6-11)12-8-10(2)15-9-12/h10-14H,3-9H2,1-2H3. The molecule has 1 heterocycles. The Morgan fingerprint density at radius 1 is 1.33 bits per heavy atom. The van der Waals surface area contributed by atoms with Crippen LogP contribution in [0.5, 0.6) is 0 Å². The van der Waals surface area contributed by atoms with Gasteiger partial charge in [-0.15, -0.1) is 0 Å². The largest absolute Gasteiger partial charge is 0.378 e. The highest BCUT2D eigenvalue weighted by Gasteiger charge is 2.36. The maximum atomic E-state index is 5.71. The van der Waals surface area contributed by atoms with E-state index in [-0.39, 0.29) is 0 Å². The molecule has 1 N–H and O–H groups in total. The third kappa shape index (κ3) is 2.73. The molecule has 1 saturated heterocycles. The van der Waals surface area contributed by atoms with E-state index in [4.69, 9.17) is 4.74 Å². The molecule has 2 heteroatoms. The lowest BCUT2D eigenvalue weighted by molar-refractivity contribution is 0.106. The average molecular weight is 211 g/mol. The molecule has 2 aliphatic rings. The molecule has 0 radical (unpaired) electrons. The van der Waals surface area contributed by atoms with Crippen LogP contribution in [0.1, 0.15) is 46.0 Å². The van der Waals surface area contributed by atoms with Crippen molar-refractivity contribution >= 4 is 0 Å². The molecule has 88 valence electrons. The lowest BCUT2D eigenvalue weighted by Crippen LogP contribution is -2.45. The van der Waals surface area contributed by atoms with E-state index >= 15 is 0 Å². The predicted molar refractivity (Wildman–Crippen MR) is 62.9 cm³/mol. The van der Waals surface area contributed by atoms with E-state index in [1.54, 1.807) is 0 Å². The van der Waals surface area contributed by atoms with Crippen LogP contribution in [0.15, 0.2) is 0 Å². The summed E-state index contributed by atoms with van der Waals surface area (Å²) in [6.07, 6.45) is 7.31. The minimum Gasteiger partial charge on any atom is -0.378 e. The van der Waals surface area contributed by atoms with Crippen LogP contribution in [0, 0.1) is 11.8 Å².